The van der Waals surface area contributed by atoms with Crippen LogP contribution in [-0.2, 0) is 21.8 Å². The van der Waals surface area contributed by atoms with Gasteiger partial charge in [0.15, 0.2) is 0 Å². The van der Waals surface area contributed by atoms with Gasteiger partial charge in [-0.05, 0) is 13.0 Å². The smallest absolute Gasteiger partial charge is 0.0971 e. The minimum absolute atomic E-state index is 0.202. The molecule has 1 aliphatic heterocycles. The van der Waals surface area contributed by atoms with Crippen molar-refractivity contribution in [2.75, 3.05) is 33.9 Å². The highest BCUT2D eigenvalue weighted by Crippen LogP contribution is 2.17. The Hall–Kier alpha value is -0.200. The Bertz CT molecular complexity index is 376. The summed E-state index contributed by atoms with van der Waals surface area (Å²) in [7, 11) is 3.51. The third kappa shape index (κ3) is 4.13. The van der Waals surface area contributed by atoms with E-state index in [9.17, 15) is 0 Å². The van der Waals surface area contributed by atoms with Gasteiger partial charge in [0.1, 0.15) is 0 Å². The van der Waals surface area contributed by atoms with Crippen molar-refractivity contribution in [3.8, 4) is 0 Å². The summed E-state index contributed by atoms with van der Waals surface area (Å²) in [5.41, 5.74) is 0.988. The lowest BCUT2D eigenvalue weighted by Gasteiger charge is -2.14. The number of hydrogen-bond donors (Lipinski definition) is 0. The first-order valence-electron chi connectivity index (χ1n) is 6.54. The van der Waals surface area contributed by atoms with E-state index in [0.29, 0.717) is 5.88 Å². The van der Waals surface area contributed by atoms with Crippen LogP contribution in [0.15, 0.2) is 5.38 Å². The second-order valence-corrected chi connectivity index (χ2v) is 5.99. The minimum Gasteiger partial charge on any atom is -0.377 e. The molecule has 4 nitrogen and oxygen atoms in total. The number of aromatic nitrogens is 1. The molecule has 2 unspecified atom stereocenters. The summed E-state index contributed by atoms with van der Waals surface area (Å²) in [6.07, 6.45) is 2.54. The van der Waals surface area contributed by atoms with Crippen LogP contribution in [0.3, 0.4) is 0 Å². The number of hydrogen-bond acceptors (Lipinski definition) is 5. The summed E-state index contributed by atoms with van der Waals surface area (Å²) in [5.74, 6) is 0.508. The van der Waals surface area contributed by atoms with Gasteiger partial charge in [0.25, 0.3) is 0 Å². The van der Waals surface area contributed by atoms with Gasteiger partial charge in [-0.25, -0.2) is 4.98 Å². The van der Waals surface area contributed by atoms with Crippen LogP contribution in [0.25, 0.3) is 0 Å². The Morgan fingerprint density at radius 1 is 1.37 bits per heavy atom. The van der Waals surface area contributed by atoms with Crippen molar-refractivity contribution in [2.45, 2.75) is 30.9 Å². The molecule has 0 N–H and O–H groups in total. The zero-order valence-corrected chi connectivity index (χ0v) is 13.0. The zero-order chi connectivity index (χ0) is 13.7. The Labute approximate surface area is 123 Å². The Morgan fingerprint density at radius 2 is 2.05 bits per heavy atom. The fourth-order valence-electron chi connectivity index (χ4n) is 2.43. The van der Waals surface area contributed by atoms with Crippen LogP contribution in [-0.4, -0.2) is 55.9 Å². The number of likely N-dealkylation sites (tertiary alicyclic amines) is 1. The molecule has 1 saturated heterocycles. The molecule has 0 radical (unpaired) electrons. The summed E-state index contributed by atoms with van der Waals surface area (Å²) >= 11 is 7.45. The van der Waals surface area contributed by atoms with Gasteiger partial charge in [-0.15, -0.1) is 22.9 Å². The highest BCUT2D eigenvalue weighted by molar-refractivity contribution is 7.09. The van der Waals surface area contributed by atoms with Gasteiger partial charge in [-0.3, -0.25) is 4.90 Å². The van der Waals surface area contributed by atoms with Gasteiger partial charge in [-0.2, -0.15) is 0 Å². The summed E-state index contributed by atoms with van der Waals surface area (Å²) in [6, 6.07) is 0. The van der Waals surface area contributed by atoms with E-state index in [2.05, 4.69) is 9.88 Å². The van der Waals surface area contributed by atoms with Crippen LogP contribution in [0, 0.1) is 0 Å². The van der Waals surface area contributed by atoms with E-state index in [-0.39, 0.29) is 12.2 Å². The molecular weight excluding hydrogens is 284 g/mol. The van der Waals surface area contributed by atoms with Crippen molar-refractivity contribution in [3.05, 3.63) is 16.1 Å². The molecule has 1 aromatic rings. The zero-order valence-electron chi connectivity index (χ0n) is 11.5. The van der Waals surface area contributed by atoms with Crippen molar-refractivity contribution in [3.63, 3.8) is 0 Å². The molecule has 0 aliphatic carbocycles. The molecule has 0 bridgehead atoms. The van der Waals surface area contributed by atoms with Crippen molar-refractivity contribution in [2.24, 2.45) is 0 Å². The minimum atomic E-state index is 0.202. The number of aryl methyl sites for hydroxylation is 1. The van der Waals surface area contributed by atoms with E-state index in [1.807, 2.05) is 5.38 Å². The first kappa shape index (κ1) is 15.2. The van der Waals surface area contributed by atoms with Crippen molar-refractivity contribution < 1.29 is 9.47 Å². The largest absolute Gasteiger partial charge is 0.377 e. The van der Waals surface area contributed by atoms with Gasteiger partial charge in [0, 0.05) is 39.1 Å². The lowest BCUT2D eigenvalue weighted by atomic mass is 10.3. The van der Waals surface area contributed by atoms with Crippen LogP contribution >= 0.6 is 22.9 Å². The molecule has 1 aromatic heterocycles. The molecule has 0 saturated carbocycles. The highest BCUT2D eigenvalue weighted by Gasteiger charge is 2.32. The van der Waals surface area contributed by atoms with Gasteiger partial charge in [-0.1, -0.05) is 0 Å². The van der Waals surface area contributed by atoms with Crippen molar-refractivity contribution in [1.82, 2.24) is 9.88 Å². The number of ether oxygens (including phenoxy) is 2. The molecule has 0 amide bonds. The summed E-state index contributed by atoms with van der Waals surface area (Å²) in [4.78, 5) is 6.87. The van der Waals surface area contributed by atoms with E-state index in [4.69, 9.17) is 21.1 Å². The lowest BCUT2D eigenvalue weighted by molar-refractivity contribution is -0.00461. The van der Waals surface area contributed by atoms with Crippen molar-refractivity contribution in [1.29, 1.82) is 0 Å². The van der Waals surface area contributed by atoms with Crippen LogP contribution in [0.1, 0.15) is 17.1 Å². The average Bonchev–Trinajstić information content (AvgIpc) is 3.04. The fourth-order valence-corrected chi connectivity index (χ4v) is 3.50. The number of thiazole rings is 1. The van der Waals surface area contributed by atoms with Crippen LogP contribution < -0.4 is 0 Å². The van der Waals surface area contributed by atoms with E-state index in [1.165, 1.54) is 5.01 Å². The Kier molecular flexibility index (Phi) is 6.04. The summed E-state index contributed by atoms with van der Waals surface area (Å²) in [6.45, 7) is 2.98. The molecule has 0 spiro atoms. The summed E-state index contributed by atoms with van der Waals surface area (Å²) in [5, 5.41) is 3.22. The van der Waals surface area contributed by atoms with E-state index in [1.54, 1.807) is 25.6 Å². The third-order valence-electron chi connectivity index (χ3n) is 3.50. The van der Waals surface area contributed by atoms with Crippen LogP contribution in [0.4, 0.5) is 0 Å². The lowest BCUT2D eigenvalue weighted by Crippen LogP contribution is -2.27. The standard InChI is InChI=1S/C13H21ClN2O2S/c1-17-11-7-16(8-12(11)18-2)5-3-4-13-15-10(6-14)9-19-13/h9,11-12H,3-8H2,1-2H3. The maximum atomic E-state index is 5.75. The Balaban J connectivity index is 1.71. The number of alkyl halides is 1. The topological polar surface area (TPSA) is 34.6 Å². The molecule has 6 heteroatoms. The first-order chi connectivity index (χ1) is 9.26. The normalized spacial score (nSPS) is 24.2. The van der Waals surface area contributed by atoms with Crippen LogP contribution in [0.5, 0.6) is 0 Å². The molecule has 2 heterocycles. The predicted octanol–water partition coefficient (Wildman–Crippen LogP) is 2.16. The van der Waals surface area contributed by atoms with Crippen LogP contribution in [0.2, 0.25) is 0 Å². The third-order valence-corrected chi connectivity index (χ3v) is 4.73. The van der Waals surface area contributed by atoms with E-state index >= 15 is 0 Å². The quantitative estimate of drug-likeness (QED) is 0.723. The SMILES string of the molecule is COC1CN(CCCc2nc(CCl)cs2)CC1OC. The van der Waals surface area contributed by atoms with Gasteiger partial charge < -0.3 is 9.47 Å². The first-order valence-corrected chi connectivity index (χ1v) is 7.95. The average molecular weight is 305 g/mol. The number of halogens is 1. The second-order valence-electron chi connectivity index (χ2n) is 4.78. The predicted molar refractivity (Wildman–Crippen MR) is 78.0 cm³/mol. The van der Waals surface area contributed by atoms with E-state index in [0.717, 1.165) is 38.2 Å². The second kappa shape index (κ2) is 7.55. The molecule has 19 heavy (non-hydrogen) atoms. The maximum absolute atomic E-state index is 5.75. The number of methoxy groups -OCH3 is 2. The maximum Gasteiger partial charge on any atom is 0.0971 e. The molecule has 0 aromatic carbocycles. The van der Waals surface area contributed by atoms with Crippen molar-refractivity contribution >= 4 is 22.9 Å². The number of rotatable bonds is 7. The molecule has 1 fully saturated rings. The Morgan fingerprint density at radius 3 is 2.58 bits per heavy atom. The molecule has 108 valence electrons. The van der Waals surface area contributed by atoms with Gasteiger partial charge in [0.05, 0.1) is 28.8 Å². The summed E-state index contributed by atoms with van der Waals surface area (Å²) < 4.78 is 10.9. The van der Waals surface area contributed by atoms with Gasteiger partial charge in [0.2, 0.25) is 0 Å². The molecular formula is C13H21ClN2O2S. The molecule has 2 atom stereocenters. The number of nitrogens with zero attached hydrogens (tertiary/aromatic N) is 2. The monoisotopic (exact) mass is 304 g/mol. The highest BCUT2D eigenvalue weighted by atomic mass is 35.5. The van der Waals surface area contributed by atoms with E-state index < -0.39 is 0 Å². The molecule has 1 aliphatic rings. The fraction of sp³-hybridized carbons (Fsp3) is 0.769. The molecule has 2 rings (SSSR count). The van der Waals surface area contributed by atoms with Gasteiger partial charge >= 0.3 is 0 Å².